The molecule has 3 unspecified atom stereocenters. The lowest BCUT2D eigenvalue weighted by Gasteiger charge is -2.40. The second kappa shape index (κ2) is 40.9. The van der Waals surface area contributed by atoms with Gasteiger partial charge in [-0.15, -0.1) is 0 Å². The molecule has 60 heavy (non-hydrogen) atoms. The maximum atomic E-state index is 13.0. The molecule has 8 atom stereocenters. The summed E-state index contributed by atoms with van der Waals surface area (Å²) < 4.78 is 11.2. The molecule has 0 aromatic rings. The minimum absolute atomic E-state index is 0.252. The van der Waals surface area contributed by atoms with Crippen molar-refractivity contribution in [2.75, 3.05) is 13.2 Å². The third kappa shape index (κ3) is 30.3. The number of nitrogens with one attached hydrogen (secondary N) is 1. The molecule has 0 aromatic carbocycles. The summed E-state index contributed by atoms with van der Waals surface area (Å²) in [7, 11) is 0. The Hall–Kier alpha value is -0.850. The van der Waals surface area contributed by atoms with Gasteiger partial charge in [0.2, 0.25) is 5.91 Å². The van der Waals surface area contributed by atoms with E-state index in [1.165, 1.54) is 186 Å². The van der Waals surface area contributed by atoms with Crippen LogP contribution in [0.3, 0.4) is 0 Å². The highest BCUT2D eigenvalue weighted by molar-refractivity contribution is 5.76. The van der Waals surface area contributed by atoms with Crippen LogP contribution in [-0.4, -0.2) is 98.7 Å². The van der Waals surface area contributed by atoms with Crippen molar-refractivity contribution >= 4 is 5.91 Å². The fourth-order valence-corrected chi connectivity index (χ4v) is 8.61. The number of hydrogen-bond acceptors (Lipinski definition) is 9. The predicted octanol–water partition coefficient (Wildman–Crippen LogP) is 10.5. The Morgan fingerprint density at radius 1 is 0.517 bits per heavy atom. The Kier molecular flexibility index (Phi) is 39.0. The van der Waals surface area contributed by atoms with E-state index in [1.807, 2.05) is 0 Å². The fraction of sp³-hybridized carbons (Fsp3) is 0.980. The van der Waals surface area contributed by atoms with Crippen LogP contribution in [0.15, 0.2) is 0 Å². The van der Waals surface area contributed by atoms with Gasteiger partial charge in [0.25, 0.3) is 0 Å². The van der Waals surface area contributed by atoms with Gasteiger partial charge < -0.3 is 45.4 Å². The molecule has 358 valence electrons. The van der Waals surface area contributed by atoms with Crippen LogP contribution in [0.2, 0.25) is 0 Å². The maximum absolute atomic E-state index is 13.0. The Morgan fingerprint density at radius 3 is 1.23 bits per heavy atom. The number of hydrogen-bond donors (Lipinski definition) is 7. The quantitative estimate of drug-likeness (QED) is 0.0295. The fourth-order valence-electron chi connectivity index (χ4n) is 8.61. The van der Waals surface area contributed by atoms with Crippen LogP contribution < -0.4 is 5.32 Å². The maximum Gasteiger partial charge on any atom is 0.220 e. The van der Waals surface area contributed by atoms with Crippen molar-refractivity contribution in [3.05, 3.63) is 0 Å². The lowest BCUT2D eigenvalue weighted by molar-refractivity contribution is -0.303. The molecule has 1 aliphatic rings. The van der Waals surface area contributed by atoms with Crippen molar-refractivity contribution < 1.29 is 44.9 Å². The van der Waals surface area contributed by atoms with E-state index in [1.54, 1.807) is 0 Å². The molecule has 1 fully saturated rings. The van der Waals surface area contributed by atoms with Gasteiger partial charge in [-0.05, 0) is 12.8 Å². The van der Waals surface area contributed by atoms with Crippen molar-refractivity contribution in [1.82, 2.24) is 5.32 Å². The Bertz CT molecular complexity index is 926. The summed E-state index contributed by atoms with van der Waals surface area (Å²) in [5, 5.41) is 65.3. The standard InChI is InChI=1S/C50H99NO9/c1-3-5-7-9-11-13-15-17-18-19-20-21-22-23-24-25-26-27-29-31-33-35-37-39-45(54)51-42(41-59-50-49(58)48(57)47(56)44(40-52)60-50)46(55)43(53)38-36-34-32-30-28-16-14-12-10-8-6-4-2/h42-44,46-50,52-53,55-58H,3-41H2,1-2H3,(H,51,54)/t42?,43?,44-,46?,47-,48+,49-,50+/m1/s1. The van der Waals surface area contributed by atoms with Crippen molar-refractivity contribution in [2.24, 2.45) is 0 Å². The van der Waals surface area contributed by atoms with Crippen molar-refractivity contribution in [1.29, 1.82) is 0 Å². The second-order valence-corrected chi connectivity index (χ2v) is 18.5. The van der Waals surface area contributed by atoms with Gasteiger partial charge in [0.1, 0.15) is 30.5 Å². The highest BCUT2D eigenvalue weighted by atomic mass is 16.7. The van der Waals surface area contributed by atoms with E-state index >= 15 is 0 Å². The van der Waals surface area contributed by atoms with Gasteiger partial charge in [-0.2, -0.15) is 0 Å². The molecule has 0 aliphatic carbocycles. The summed E-state index contributed by atoms with van der Waals surface area (Å²) >= 11 is 0. The van der Waals surface area contributed by atoms with E-state index in [2.05, 4.69) is 19.2 Å². The lowest BCUT2D eigenvalue weighted by Crippen LogP contribution is -2.60. The topological polar surface area (TPSA) is 169 Å². The molecule has 7 N–H and O–H groups in total. The minimum atomic E-state index is -1.60. The van der Waals surface area contributed by atoms with Crippen molar-refractivity contribution in [2.45, 2.75) is 300 Å². The zero-order chi connectivity index (χ0) is 43.9. The SMILES string of the molecule is CCCCCCCCCCCCCCCCCCCCCCCCCC(=O)NC(CO[C@H]1O[C@H](CO)[C@@H](O)[C@H](O)[C@H]1O)C(O)C(O)CCCCCCCCCCCCCC. The number of carbonyl (C=O) groups is 1. The largest absolute Gasteiger partial charge is 0.394 e. The lowest BCUT2D eigenvalue weighted by atomic mass is 9.98. The Balaban J connectivity index is 2.26. The molecule has 0 radical (unpaired) electrons. The minimum Gasteiger partial charge on any atom is -0.394 e. The van der Waals surface area contributed by atoms with E-state index in [4.69, 9.17) is 9.47 Å². The van der Waals surface area contributed by atoms with Crippen LogP contribution in [0.4, 0.5) is 0 Å². The van der Waals surface area contributed by atoms with Gasteiger partial charge in [-0.25, -0.2) is 0 Å². The normalized spacial score (nSPS) is 21.0. The zero-order valence-corrected chi connectivity index (χ0v) is 39.1. The van der Waals surface area contributed by atoms with Crippen LogP contribution in [-0.2, 0) is 14.3 Å². The summed E-state index contributed by atoms with van der Waals surface area (Å²) in [4.78, 5) is 13.0. The zero-order valence-electron chi connectivity index (χ0n) is 39.1. The van der Waals surface area contributed by atoms with E-state index in [9.17, 15) is 35.4 Å². The van der Waals surface area contributed by atoms with E-state index < -0.39 is 55.6 Å². The van der Waals surface area contributed by atoms with Crippen LogP contribution in [0.1, 0.15) is 251 Å². The monoisotopic (exact) mass is 858 g/mol. The molecule has 0 aromatic heterocycles. The third-order valence-corrected chi connectivity index (χ3v) is 12.8. The Labute approximate surface area is 368 Å². The molecule has 0 saturated carbocycles. The number of carbonyl (C=O) groups excluding carboxylic acids is 1. The molecule has 1 rings (SSSR count). The number of ether oxygens (including phenoxy) is 2. The summed E-state index contributed by atoms with van der Waals surface area (Å²) in [6.45, 7) is 3.63. The predicted molar refractivity (Wildman–Crippen MR) is 246 cm³/mol. The Morgan fingerprint density at radius 2 is 0.867 bits per heavy atom. The van der Waals surface area contributed by atoms with E-state index in [0.717, 1.165) is 38.5 Å². The first-order chi connectivity index (χ1) is 29.3. The van der Waals surface area contributed by atoms with Gasteiger partial charge in [0.05, 0.1) is 25.4 Å². The molecule has 0 spiro atoms. The van der Waals surface area contributed by atoms with Gasteiger partial charge in [0, 0.05) is 6.42 Å². The van der Waals surface area contributed by atoms with E-state index in [-0.39, 0.29) is 18.9 Å². The summed E-state index contributed by atoms with van der Waals surface area (Å²) in [6, 6.07) is -0.985. The van der Waals surface area contributed by atoms with E-state index in [0.29, 0.717) is 6.42 Å². The van der Waals surface area contributed by atoms with Crippen LogP contribution >= 0.6 is 0 Å². The third-order valence-electron chi connectivity index (χ3n) is 12.8. The molecule has 10 heteroatoms. The number of rotatable bonds is 44. The number of aliphatic hydroxyl groups excluding tert-OH is 6. The summed E-state index contributed by atoms with van der Waals surface area (Å²) in [6.07, 6.45) is 35.5. The molecule has 1 amide bonds. The first kappa shape index (κ1) is 57.2. The molecular weight excluding hydrogens is 759 g/mol. The van der Waals surface area contributed by atoms with Gasteiger partial charge in [-0.3, -0.25) is 4.79 Å². The molecule has 0 bridgehead atoms. The van der Waals surface area contributed by atoms with Crippen molar-refractivity contribution in [3.63, 3.8) is 0 Å². The molecule has 1 saturated heterocycles. The average molecular weight is 858 g/mol. The first-order valence-corrected chi connectivity index (χ1v) is 25.8. The van der Waals surface area contributed by atoms with Crippen molar-refractivity contribution in [3.8, 4) is 0 Å². The van der Waals surface area contributed by atoms with Gasteiger partial charge >= 0.3 is 0 Å². The second-order valence-electron chi connectivity index (χ2n) is 18.5. The average Bonchev–Trinajstić information content (AvgIpc) is 3.25. The highest BCUT2D eigenvalue weighted by Crippen LogP contribution is 2.23. The molecule has 1 aliphatic heterocycles. The number of aliphatic hydroxyl groups is 6. The summed E-state index contributed by atoms with van der Waals surface area (Å²) in [5.74, 6) is -0.252. The highest BCUT2D eigenvalue weighted by Gasteiger charge is 2.44. The first-order valence-electron chi connectivity index (χ1n) is 25.8. The number of unbranched alkanes of at least 4 members (excludes halogenated alkanes) is 33. The smallest absolute Gasteiger partial charge is 0.220 e. The molecular formula is C50H99NO9. The molecule has 1 heterocycles. The van der Waals surface area contributed by atoms with Gasteiger partial charge in [0.15, 0.2) is 6.29 Å². The molecule has 10 nitrogen and oxygen atoms in total. The van der Waals surface area contributed by atoms with Crippen LogP contribution in [0.25, 0.3) is 0 Å². The van der Waals surface area contributed by atoms with Crippen LogP contribution in [0.5, 0.6) is 0 Å². The number of amides is 1. The van der Waals surface area contributed by atoms with Crippen LogP contribution in [0, 0.1) is 0 Å². The summed E-state index contributed by atoms with van der Waals surface area (Å²) in [5.41, 5.74) is 0. The van der Waals surface area contributed by atoms with Gasteiger partial charge in [-0.1, -0.05) is 232 Å².